The zero-order chi connectivity index (χ0) is 17.0. The second-order valence-corrected chi connectivity index (χ2v) is 6.66. The lowest BCUT2D eigenvalue weighted by Crippen LogP contribution is -2.68. The lowest BCUT2D eigenvalue weighted by Gasteiger charge is -2.47. The Balaban J connectivity index is 1.80. The van der Waals surface area contributed by atoms with Gasteiger partial charge in [-0.15, -0.1) is 11.8 Å². The first-order chi connectivity index (χ1) is 11.5. The van der Waals surface area contributed by atoms with E-state index in [0.29, 0.717) is 28.2 Å². The fourth-order valence-corrected chi connectivity index (χ4v) is 4.25. The molecule has 1 amide bonds. The van der Waals surface area contributed by atoms with Crippen molar-refractivity contribution in [1.82, 2.24) is 4.90 Å². The molecule has 2 atom stereocenters. The standard InChI is InChI=1S/C16H12N2O5S/c17-11-13(19)18-12(15(20)21)7(6-24-14(11)18)5-10-8-3-1-2-4-9(8)16(22)23-10/h1-5,11,14H,6,17H2,(H,20,21)/t11-,14+/m1/s1. The van der Waals surface area contributed by atoms with Crippen molar-refractivity contribution in [3.05, 3.63) is 52.7 Å². The van der Waals surface area contributed by atoms with Crippen LogP contribution in [0.4, 0.5) is 0 Å². The van der Waals surface area contributed by atoms with Crippen LogP contribution in [0.1, 0.15) is 15.9 Å². The summed E-state index contributed by atoms with van der Waals surface area (Å²) in [6.07, 6.45) is 1.52. The molecule has 0 bridgehead atoms. The Kier molecular flexibility index (Phi) is 3.26. The molecule has 1 fully saturated rings. The number of amides is 1. The van der Waals surface area contributed by atoms with Crippen molar-refractivity contribution in [3.8, 4) is 0 Å². The SMILES string of the molecule is N[C@@H]1C(=O)N2C(C(=O)O)=C(C=C3OC(=O)c4ccccc43)CS[C@@H]12. The molecule has 1 aromatic rings. The van der Waals surface area contributed by atoms with Crippen LogP contribution in [0, 0.1) is 0 Å². The van der Waals surface area contributed by atoms with Gasteiger partial charge in [0.25, 0.3) is 0 Å². The number of β-lactam (4-membered cyclic amide) rings is 1. The molecule has 3 heterocycles. The van der Waals surface area contributed by atoms with Crippen LogP contribution in [-0.4, -0.2) is 45.0 Å². The van der Waals surface area contributed by atoms with Crippen molar-refractivity contribution in [1.29, 1.82) is 0 Å². The van der Waals surface area contributed by atoms with Crippen molar-refractivity contribution in [2.75, 3.05) is 5.75 Å². The molecule has 1 aromatic carbocycles. The van der Waals surface area contributed by atoms with Gasteiger partial charge in [0, 0.05) is 11.3 Å². The van der Waals surface area contributed by atoms with E-state index in [9.17, 15) is 19.5 Å². The summed E-state index contributed by atoms with van der Waals surface area (Å²) in [7, 11) is 0. The number of thioether (sulfide) groups is 1. The minimum Gasteiger partial charge on any atom is -0.477 e. The zero-order valence-electron chi connectivity index (χ0n) is 12.3. The molecular formula is C16H12N2O5S. The maximum absolute atomic E-state index is 11.9. The van der Waals surface area contributed by atoms with Crippen molar-refractivity contribution in [3.63, 3.8) is 0 Å². The number of carboxylic acids is 1. The number of esters is 1. The molecule has 0 aromatic heterocycles. The van der Waals surface area contributed by atoms with Gasteiger partial charge in [0.15, 0.2) is 0 Å². The van der Waals surface area contributed by atoms with Gasteiger partial charge in [0.1, 0.15) is 22.9 Å². The van der Waals surface area contributed by atoms with E-state index < -0.39 is 23.9 Å². The van der Waals surface area contributed by atoms with E-state index in [2.05, 4.69) is 0 Å². The number of cyclic esters (lactones) is 1. The lowest BCUT2D eigenvalue weighted by atomic mass is 10.0. The van der Waals surface area contributed by atoms with Gasteiger partial charge in [-0.05, 0) is 17.7 Å². The van der Waals surface area contributed by atoms with E-state index >= 15 is 0 Å². The molecule has 3 N–H and O–H groups in total. The molecule has 1 saturated heterocycles. The molecule has 24 heavy (non-hydrogen) atoms. The Labute approximate surface area is 140 Å². The molecule has 0 unspecified atom stereocenters. The van der Waals surface area contributed by atoms with Crippen LogP contribution in [-0.2, 0) is 14.3 Å². The highest BCUT2D eigenvalue weighted by Crippen LogP contribution is 2.41. The van der Waals surface area contributed by atoms with E-state index in [1.165, 1.54) is 22.7 Å². The second-order valence-electron chi connectivity index (χ2n) is 5.56. The highest BCUT2D eigenvalue weighted by molar-refractivity contribution is 8.00. The zero-order valence-corrected chi connectivity index (χ0v) is 13.1. The number of carbonyl (C=O) groups excluding carboxylic acids is 2. The van der Waals surface area contributed by atoms with Gasteiger partial charge >= 0.3 is 11.9 Å². The van der Waals surface area contributed by atoms with Gasteiger partial charge in [-0.1, -0.05) is 18.2 Å². The topological polar surface area (TPSA) is 110 Å². The normalized spacial score (nSPS) is 26.9. The van der Waals surface area contributed by atoms with Crippen LogP contribution in [0.3, 0.4) is 0 Å². The van der Waals surface area contributed by atoms with Crippen molar-refractivity contribution in [2.45, 2.75) is 11.4 Å². The number of aliphatic carboxylic acids is 1. The predicted octanol–water partition coefficient (Wildman–Crippen LogP) is 0.779. The van der Waals surface area contributed by atoms with Gasteiger partial charge in [0.2, 0.25) is 5.91 Å². The summed E-state index contributed by atoms with van der Waals surface area (Å²) in [6, 6.07) is 6.20. The van der Waals surface area contributed by atoms with Gasteiger partial charge in [-0.2, -0.15) is 0 Å². The third kappa shape index (κ3) is 2.00. The van der Waals surface area contributed by atoms with E-state index in [1.54, 1.807) is 24.3 Å². The summed E-state index contributed by atoms with van der Waals surface area (Å²) >= 11 is 1.39. The molecule has 3 aliphatic heterocycles. The predicted molar refractivity (Wildman–Crippen MR) is 85.6 cm³/mol. The van der Waals surface area contributed by atoms with Gasteiger partial charge in [-0.3, -0.25) is 9.69 Å². The number of hydrogen-bond acceptors (Lipinski definition) is 6. The third-order valence-electron chi connectivity index (χ3n) is 4.16. The minimum absolute atomic E-state index is 0.0987. The number of benzene rings is 1. The Morgan fingerprint density at radius 1 is 1.33 bits per heavy atom. The summed E-state index contributed by atoms with van der Waals surface area (Å²) in [5.74, 6) is -1.43. The molecule has 0 spiro atoms. The number of hydrogen-bond donors (Lipinski definition) is 2. The Hall–Kier alpha value is -2.58. The lowest BCUT2D eigenvalue weighted by molar-refractivity contribution is -0.147. The smallest absolute Gasteiger partial charge is 0.352 e. The number of nitrogens with zero attached hydrogens (tertiary/aromatic N) is 1. The molecule has 0 radical (unpaired) electrons. The molecule has 8 heteroatoms. The van der Waals surface area contributed by atoms with Crippen molar-refractivity contribution < 1.29 is 24.2 Å². The molecule has 122 valence electrons. The van der Waals surface area contributed by atoms with Crippen molar-refractivity contribution >= 4 is 35.4 Å². The number of allylic oxidation sites excluding steroid dienone is 1. The molecule has 4 rings (SSSR count). The molecule has 0 saturated carbocycles. The van der Waals surface area contributed by atoms with Gasteiger partial charge in [0.05, 0.1) is 5.56 Å². The van der Waals surface area contributed by atoms with Crippen LogP contribution in [0.5, 0.6) is 0 Å². The second kappa shape index (κ2) is 5.22. The molecule has 0 aliphatic carbocycles. The van der Waals surface area contributed by atoms with Crippen LogP contribution in [0.15, 0.2) is 41.6 Å². The number of rotatable bonds is 2. The number of fused-ring (bicyclic) bond motifs is 2. The molecule has 3 aliphatic rings. The average Bonchev–Trinajstić information content (AvgIpc) is 2.90. The highest BCUT2D eigenvalue weighted by Gasteiger charge is 2.51. The summed E-state index contributed by atoms with van der Waals surface area (Å²) in [5, 5.41) is 9.16. The van der Waals surface area contributed by atoms with E-state index in [0.717, 1.165) is 0 Å². The number of carbonyl (C=O) groups is 3. The quantitative estimate of drug-likeness (QED) is 0.602. The first-order valence-electron chi connectivity index (χ1n) is 7.19. The largest absolute Gasteiger partial charge is 0.477 e. The highest BCUT2D eigenvalue weighted by atomic mass is 32.2. The maximum Gasteiger partial charge on any atom is 0.352 e. The monoisotopic (exact) mass is 344 g/mol. The van der Waals surface area contributed by atoms with E-state index in [1.807, 2.05) is 0 Å². The average molecular weight is 344 g/mol. The number of carboxylic acid groups (broad SMARTS) is 1. The molecule has 7 nitrogen and oxygen atoms in total. The molecular weight excluding hydrogens is 332 g/mol. The van der Waals surface area contributed by atoms with Crippen LogP contribution in [0.25, 0.3) is 5.76 Å². The summed E-state index contributed by atoms with van der Waals surface area (Å²) in [6.45, 7) is 0. The summed E-state index contributed by atoms with van der Waals surface area (Å²) in [5.41, 5.74) is 7.08. The van der Waals surface area contributed by atoms with Crippen LogP contribution >= 0.6 is 11.8 Å². The van der Waals surface area contributed by atoms with Gasteiger partial charge < -0.3 is 15.6 Å². The first-order valence-corrected chi connectivity index (χ1v) is 8.24. The Bertz CT molecular complexity index is 860. The number of nitrogens with two attached hydrogens (primary N) is 1. The summed E-state index contributed by atoms with van der Waals surface area (Å²) in [4.78, 5) is 36.7. The third-order valence-corrected chi connectivity index (χ3v) is 5.49. The Morgan fingerprint density at radius 2 is 2.04 bits per heavy atom. The minimum atomic E-state index is -1.20. The van der Waals surface area contributed by atoms with E-state index in [-0.39, 0.29) is 11.1 Å². The van der Waals surface area contributed by atoms with Crippen LogP contribution in [0.2, 0.25) is 0 Å². The van der Waals surface area contributed by atoms with Crippen molar-refractivity contribution in [2.24, 2.45) is 5.73 Å². The fraction of sp³-hybridized carbons (Fsp3) is 0.188. The van der Waals surface area contributed by atoms with E-state index in [4.69, 9.17) is 10.5 Å². The fourth-order valence-electron chi connectivity index (χ4n) is 3.00. The number of ether oxygens (including phenoxy) is 1. The first kappa shape index (κ1) is 15.0. The van der Waals surface area contributed by atoms with Crippen LogP contribution < -0.4 is 5.73 Å². The maximum atomic E-state index is 11.9. The summed E-state index contributed by atoms with van der Waals surface area (Å²) < 4.78 is 5.25. The Morgan fingerprint density at radius 3 is 2.75 bits per heavy atom. The van der Waals surface area contributed by atoms with Gasteiger partial charge in [-0.25, -0.2) is 9.59 Å².